The molecule has 0 unspecified atom stereocenters. The first-order chi connectivity index (χ1) is 11.9. The molecule has 1 aliphatic rings. The maximum absolute atomic E-state index is 12.1. The lowest BCUT2D eigenvalue weighted by atomic mass is 10.1. The van der Waals surface area contributed by atoms with Gasteiger partial charge in [-0.15, -0.1) is 0 Å². The molecule has 1 aliphatic heterocycles. The Morgan fingerprint density at radius 1 is 1.36 bits per heavy atom. The van der Waals surface area contributed by atoms with E-state index >= 15 is 0 Å². The largest absolute Gasteiger partial charge is 0.456 e. The van der Waals surface area contributed by atoms with Crippen LogP contribution in [-0.4, -0.2) is 34.2 Å². The monoisotopic (exact) mass is 361 g/mol. The number of esters is 1. The normalized spacial score (nSPS) is 15.8. The number of ether oxygens (including phenoxy) is 2. The summed E-state index contributed by atoms with van der Waals surface area (Å²) in [6.07, 6.45) is 0.772. The van der Waals surface area contributed by atoms with Crippen molar-refractivity contribution in [3.63, 3.8) is 0 Å². The predicted octanol–water partition coefficient (Wildman–Crippen LogP) is 3.22. The van der Waals surface area contributed by atoms with E-state index in [0.717, 1.165) is 5.56 Å². The van der Waals surface area contributed by atoms with Gasteiger partial charge in [0.1, 0.15) is 13.2 Å². The predicted molar refractivity (Wildman–Crippen MR) is 90.5 cm³/mol. The van der Waals surface area contributed by atoms with E-state index in [4.69, 9.17) is 21.1 Å². The highest BCUT2D eigenvalue weighted by Crippen LogP contribution is 2.29. The number of anilines is 1. The van der Waals surface area contributed by atoms with E-state index in [9.17, 15) is 9.59 Å². The van der Waals surface area contributed by atoms with Crippen LogP contribution in [0.5, 0.6) is 0 Å². The van der Waals surface area contributed by atoms with Crippen molar-refractivity contribution >= 4 is 29.5 Å². The Balaban J connectivity index is 1.76. The van der Waals surface area contributed by atoms with Gasteiger partial charge >= 0.3 is 12.1 Å². The van der Waals surface area contributed by atoms with Crippen molar-refractivity contribution < 1.29 is 19.1 Å². The van der Waals surface area contributed by atoms with Gasteiger partial charge in [-0.1, -0.05) is 41.9 Å². The van der Waals surface area contributed by atoms with Crippen molar-refractivity contribution in [2.75, 3.05) is 11.5 Å². The molecule has 130 valence electrons. The van der Waals surface area contributed by atoms with Crippen molar-refractivity contribution in [2.24, 2.45) is 0 Å². The van der Waals surface area contributed by atoms with Gasteiger partial charge in [0.2, 0.25) is 0 Å². The average Bonchev–Trinajstić information content (AvgIpc) is 2.86. The SMILES string of the molecule is CC1(C)COC(=O)N1c1cnc(C(=O)OCc2ccccc2)c(Cl)n1. The van der Waals surface area contributed by atoms with Gasteiger partial charge in [-0.3, -0.25) is 4.90 Å². The van der Waals surface area contributed by atoms with E-state index in [1.54, 1.807) is 0 Å². The number of carbonyl (C=O) groups is 2. The lowest BCUT2D eigenvalue weighted by Crippen LogP contribution is -2.42. The Kier molecular flexibility index (Phi) is 4.59. The van der Waals surface area contributed by atoms with Crippen molar-refractivity contribution in [3.05, 3.63) is 52.9 Å². The minimum atomic E-state index is -0.684. The first-order valence-electron chi connectivity index (χ1n) is 7.59. The Labute approximate surface area is 149 Å². The second-order valence-corrected chi connectivity index (χ2v) is 6.49. The number of rotatable bonds is 4. The molecule has 1 amide bonds. The molecule has 3 rings (SSSR count). The Morgan fingerprint density at radius 3 is 2.68 bits per heavy atom. The summed E-state index contributed by atoms with van der Waals surface area (Å²) in [6, 6.07) is 9.25. The van der Waals surface area contributed by atoms with E-state index in [-0.39, 0.29) is 29.9 Å². The van der Waals surface area contributed by atoms with Gasteiger partial charge in [0.25, 0.3) is 0 Å². The number of halogens is 1. The van der Waals surface area contributed by atoms with Crippen LogP contribution in [0.1, 0.15) is 29.9 Å². The minimum Gasteiger partial charge on any atom is -0.456 e. The Hall–Kier alpha value is -2.67. The summed E-state index contributed by atoms with van der Waals surface area (Å²) in [5.74, 6) is -0.465. The topological polar surface area (TPSA) is 81.6 Å². The highest BCUT2D eigenvalue weighted by molar-refractivity contribution is 6.32. The first-order valence-corrected chi connectivity index (χ1v) is 7.97. The van der Waals surface area contributed by atoms with Crippen LogP contribution in [0.3, 0.4) is 0 Å². The van der Waals surface area contributed by atoms with E-state index in [0.29, 0.717) is 0 Å². The number of hydrogen-bond acceptors (Lipinski definition) is 6. The van der Waals surface area contributed by atoms with Crippen LogP contribution in [0.2, 0.25) is 5.15 Å². The third-order valence-electron chi connectivity index (χ3n) is 3.69. The maximum atomic E-state index is 12.1. The number of nitrogens with zero attached hydrogens (tertiary/aromatic N) is 3. The smallest absolute Gasteiger partial charge is 0.416 e. The van der Waals surface area contributed by atoms with Gasteiger partial charge in [-0.2, -0.15) is 0 Å². The summed E-state index contributed by atoms with van der Waals surface area (Å²) in [4.78, 5) is 33.5. The lowest BCUT2D eigenvalue weighted by Gasteiger charge is -2.26. The molecule has 1 aromatic heterocycles. The van der Waals surface area contributed by atoms with Crippen LogP contribution in [0.25, 0.3) is 0 Å². The van der Waals surface area contributed by atoms with E-state index in [2.05, 4.69) is 9.97 Å². The summed E-state index contributed by atoms with van der Waals surface area (Å²) in [5.41, 5.74) is 0.162. The molecule has 2 heterocycles. The molecule has 0 saturated carbocycles. The molecule has 8 heteroatoms. The van der Waals surface area contributed by atoms with Crippen LogP contribution in [0, 0.1) is 0 Å². The van der Waals surface area contributed by atoms with Crippen LogP contribution >= 0.6 is 11.6 Å². The molecule has 1 aromatic carbocycles. The molecule has 0 atom stereocenters. The Bertz CT molecular complexity index is 811. The number of carbonyl (C=O) groups excluding carboxylic acids is 2. The standard InChI is InChI=1S/C17H16ClN3O4/c1-17(2)10-25-16(23)21(17)12-8-19-13(14(18)20-12)15(22)24-9-11-6-4-3-5-7-11/h3-8H,9-10H2,1-2H3. The molecule has 0 N–H and O–H groups in total. The molecule has 0 spiro atoms. The lowest BCUT2D eigenvalue weighted by molar-refractivity contribution is 0.0465. The third kappa shape index (κ3) is 3.56. The number of cyclic esters (lactones) is 1. The van der Waals surface area contributed by atoms with Crippen molar-refractivity contribution in [2.45, 2.75) is 26.0 Å². The van der Waals surface area contributed by atoms with Gasteiger partial charge in [-0.25, -0.2) is 19.6 Å². The number of amides is 1. The first kappa shape index (κ1) is 17.2. The van der Waals surface area contributed by atoms with Crippen molar-refractivity contribution in [1.82, 2.24) is 9.97 Å². The molecular weight excluding hydrogens is 346 g/mol. The fourth-order valence-corrected chi connectivity index (χ4v) is 2.62. The molecule has 25 heavy (non-hydrogen) atoms. The quantitative estimate of drug-likeness (QED) is 0.778. The molecule has 1 fully saturated rings. The molecule has 0 aliphatic carbocycles. The van der Waals surface area contributed by atoms with E-state index < -0.39 is 17.6 Å². The van der Waals surface area contributed by atoms with E-state index in [1.807, 2.05) is 44.2 Å². The number of hydrogen-bond donors (Lipinski definition) is 0. The summed E-state index contributed by atoms with van der Waals surface area (Å²) in [6.45, 7) is 3.99. The van der Waals surface area contributed by atoms with Gasteiger partial charge in [-0.05, 0) is 19.4 Å². The van der Waals surface area contributed by atoms with Crippen molar-refractivity contribution in [1.29, 1.82) is 0 Å². The highest BCUT2D eigenvalue weighted by Gasteiger charge is 2.42. The molecule has 7 nitrogen and oxygen atoms in total. The van der Waals surface area contributed by atoms with Crippen molar-refractivity contribution in [3.8, 4) is 0 Å². The summed E-state index contributed by atoms with van der Waals surface area (Å²) >= 11 is 6.07. The second kappa shape index (κ2) is 6.68. The molecule has 0 radical (unpaired) electrons. The van der Waals surface area contributed by atoms with E-state index in [1.165, 1.54) is 11.1 Å². The van der Waals surface area contributed by atoms with Gasteiger partial charge in [0.15, 0.2) is 16.7 Å². The zero-order valence-corrected chi connectivity index (χ0v) is 14.5. The molecule has 1 saturated heterocycles. The summed E-state index contributed by atoms with van der Waals surface area (Å²) in [7, 11) is 0. The zero-order valence-electron chi connectivity index (χ0n) is 13.7. The second-order valence-electron chi connectivity index (χ2n) is 6.13. The zero-order chi connectivity index (χ0) is 18.0. The van der Waals surface area contributed by atoms with Crippen LogP contribution < -0.4 is 4.90 Å². The third-order valence-corrected chi connectivity index (χ3v) is 3.95. The fraction of sp³-hybridized carbons (Fsp3) is 0.294. The number of benzene rings is 1. The maximum Gasteiger partial charge on any atom is 0.416 e. The van der Waals surface area contributed by atoms with Crippen LogP contribution in [-0.2, 0) is 16.1 Å². The molecule has 0 bridgehead atoms. The van der Waals surface area contributed by atoms with Crippen LogP contribution in [0.15, 0.2) is 36.5 Å². The summed E-state index contributed by atoms with van der Waals surface area (Å²) in [5, 5.41) is -0.133. The summed E-state index contributed by atoms with van der Waals surface area (Å²) < 4.78 is 10.2. The molecule has 2 aromatic rings. The number of aromatic nitrogens is 2. The average molecular weight is 362 g/mol. The minimum absolute atomic E-state index is 0.102. The van der Waals surface area contributed by atoms with Gasteiger partial charge < -0.3 is 9.47 Å². The van der Waals surface area contributed by atoms with Gasteiger partial charge in [0, 0.05) is 0 Å². The molecular formula is C17H16ClN3O4. The Morgan fingerprint density at radius 2 is 2.08 bits per heavy atom. The highest BCUT2D eigenvalue weighted by atomic mass is 35.5. The fourth-order valence-electron chi connectivity index (χ4n) is 2.41. The van der Waals surface area contributed by atoms with Crippen LogP contribution in [0.4, 0.5) is 10.6 Å². The van der Waals surface area contributed by atoms with Gasteiger partial charge in [0.05, 0.1) is 11.7 Å².